The molecule has 0 unspecified atom stereocenters. The van der Waals surface area contributed by atoms with Gasteiger partial charge < -0.3 is 10.2 Å². The van der Waals surface area contributed by atoms with Gasteiger partial charge in [0.1, 0.15) is 5.52 Å². The average Bonchev–Trinajstić information content (AvgIpc) is 2.39. The van der Waals surface area contributed by atoms with Crippen molar-refractivity contribution in [3.05, 3.63) is 21.6 Å². The number of hydrogen-bond donors (Lipinski definition) is 1. The van der Waals surface area contributed by atoms with Crippen LogP contribution in [0, 0.1) is 10.5 Å². The Bertz CT molecular complexity index is 436. The third kappa shape index (κ3) is 1.06. The zero-order valence-corrected chi connectivity index (χ0v) is 8.62. The van der Waals surface area contributed by atoms with Crippen molar-refractivity contribution >= 4 is 39.4 Å². The van der Waals surface area contributed by atoms with E-state index < -0.39 is 0 Å². The van der Waals surface area contributed by atoms with Crippen molar-refractivity contribution in [2.24, 2.45) is 0 Å². The molecular weight excluding hydrogens is 267 g/mol. The first-order valence-electron chi connectivity index (χ1n) is 3.49. The summed E-state index contributed by atoms with van der Waals surface area (Å²) in [5, 5.41) is 0. The predicted molar refractivity (Wildman–Crippen MR) is 55.9 cm³/mol. The number of oxazole rings is 1. The Balaban J connectivity index is 2.89. The van der Waals surface area contributed by atoms with Crippen molar-refractivity contribution in [3.8, 4) is 0 Å². The lowest BCUT2D eigenvalue weighted by Crippen LogP contribution is -1.88. The first-order valence-corrected chi connectivity index (χ1v) is 4.57. The molecule has 2 N–H and O–H groups in total. The van der Waals surface area contributed by atoms with Crippen molar-refractivity contribution in [1.82, 2.24) is 4.98 Å². The third-order valence-corrected chi connectivity index (χ3v) is 2.75. The van der Waals surface area contributed by atoms with Gasteiger partial charge in [0.05, 0.1) is 3.57 Å². The van der Waals surface area contributed by atoms with Crippen LogP contribution in [0.25, 0.3) is 11.1 Å². The summed E-state index contributed by atoms with van der Waals surface area (Å²) >= 11 is 2.16. The Labute approximate surface area is 83.1 Å². The van der Waals surface area contributed by atoms with Crippen molar-refractivity contribution in [2.75, 3.05) is 5.73 Å². The molecule has 0 aliphatic rings. The van der Waals surface area contributed by atoms with Gasteiger partial charge in [0.15, 0.2) is 11.5 Å². The van der Waals surface area contributed by atoms with Crippen LogP contribution in [0.4, 0.5) is 5.69 Å². The molecule has 2 aromatic rings. The van der Waals surface area contributed by atoms with Gasteiger partial charge in [0, 0.05) is 12.6 Å². The highest BCUT2D eigenvalue weighted by Gasteiger charge is 2.07. The molecule has 1 aromatic heterocycles. The fourth-order valence-electron chi connectivity index (χ4n) is 1.09. The summed E-state index contributed by atoms with van der Waals surface area (Å²) in [5.41, 5.74) is 8.09. The molecule has 12 heavy (non-hydrogen) atoms. The highest BCUT2D eigenvalue weighted by atomic mass is 127. The van der Waals surface area contributed by atoms with E-state index >= 15 is 0 Å². The lowest BCUT2D eigenvalue weighted by atomic mass is 10.3. The summed E-state index contributed by atoms with van der Waals surface area (Å²) in [6.07, 6.45) is 0. The summed E-state index contributed by atoms with van der Waals surface area (Å²) in [5.74, 6) is 0.675. The number of aryl methyl sites for hydroxylation is 1. The highest BCUT2D eigenvalue weighted by Crippen LogP contribution is 2.25. The molecule has 0 bridgehead atoms. The lowest BCUT2D eigenvalue weighted by Gasteiger charge is -1.95. The van der Waals surface area contributed by atoms with Gasteiger partial charge in [-0.25, -0.2) is 4.98 Å². The number of benzene rings is 1. The van der Waals surface area contributed by atoms with Crippen molar-refractivity contribution in [3.63, 3.8) is 0 Å². The van der Waals surface area contributed by atoms with E-state index in [4.69, 9.17) is 10.2 Å². The van der Waals surface area contributed by atoms with Crippen molar-refractivity contribution in [2.45, 2.75) is 6.92 Å². The van der Waals surface area contributed by atoms with Crippen LogP contribution < -0.4 is 5.73 Å². The molecule has 0 aliphatic carbocycles. The van der Waals surface area contributed by atoms with Crippen LogP contribution in [-0.2, 0) is 0 Å². The maximum absolute atomic E-state index is 5.70. The zero-order valence-electron chi connectivity index (χ0n) is 6.47. The first kappa shape index (κ1) is 7.85. The quantitative estimate of drug-likeness (QED) is 0.592. The van der Waals surface area contributed by atoms with Gasteiger partial charge in [-0.1, -0.05) is 0 Å². The van der Waals surface area contributed by atoms with Crippen molar-refractivity contribution < 1.29 is 4.42 Å². The van der Waals surface area contributed by atoms with E-state index in [2.05, 4.69) is 27.6 Å². The maximum atomic E-state index is 5.70. The molecule has 4 heteroatoms. The van der Waals surface area contributed by atoms with E-state index in [1.54, 1.807) is 0 Å². The number of anilines is 1. The standard InChI is InChI=1S/C8H7IN2O/c1-4-11-6-3-2-5(10)7(9)8(6)12-4/h2-3H,10H2,1H3. The topological polar surface area (TPSA) is 52.0 Å². The van der Waals surface area contributed by atoms with Gasteiger partial charge in [0.25, 0.3) is 0 Å². The summed E-state index contributed by atoms with van der Waals surface area (Å²) in [7, 11) is 0. The summed E-state index contributed by atoms with van der Waals surface area (Å²) in [6, 6.07) is 3.70. The monoisotopic (exact) mass is 274 g/mol. The number of aromatic nitrogens is 1. The van der Waals surface area contributed by atoms with Gasteiger partial charge in [-0.15, -0.1) is 0 Å². The highest BCUT2D eigenvalue weighted by molar-refractivity contribution is 14.1. The minimum Gasteiger partial charge on any atom is -0.440 e. The smallest absolute Gasteiger partial charge is 0.192 e. The Morgan fingerprint density at radius 2 is 2.25 bits per heavy atom. The third-order valence-electron chi connectivity index (χ3n) is 1.63. The van der Waals surface area contributed by atoms with E-state index in [1.165, 1.54) is 0 Å². The fourth-order valence-corrected chi connectivity index (χ4v) is 1.65. The van der Waals surface area contributed by atoms with E-state index in [0.717, 1.165) is 20.4 Å². The van der Waals surface area contributed by atoms with Gasteiger partial charge >= 0.3 is 0 Å². The van der Waals surface area contributed by atoms with Crippen LogP contribution in [0.2, 0.25) is 0 Å². The molecule has 0 amide bonds. The van der Waals surface area contributed by atoms with Crippen LogP contribution in [0.5, 0.6) is 0 Å². The van der Waals surface area contributed by atoms with Crippen LogP contribution in [-0.4, -0.2) is 4.98 Å². The minimum atomic E-state index is 0.675. The molecule has 0 aliphatic heterocycles. The summed E-state index contributed by atoms with van der Waals surface area (Å²) < 4.78 is 6.32. The van der Waals surface area contributed by atoms with Crippen LogP contribution in [0.1, 0.15) is 5.89 Å². The van der Waals surface area contributed by atoms with Gasteiger partial charge in [-0.3, -0.25) is 0 Å². The number of fused-ring (bicyclic) bond motifs is 1. The average molecular weight is 274 g/mol. The van der Waals surface area contributed by atoms with Crippen LogP contribution in [0.3, 0.4) is 0 Å². The van der Waals surface area contributed by atoms with Gasteiger partial charge in [0.2, 0.25) is 0 Å². The van der Waals surface area contributed by atoms with Gasteiger partial charge in [-0.05, 0) is 34.7 Å². The largest absolute Gasteiger partial charge is 0.440 e. The van der Waals surface area contributed by atoms with E-state index in [0.29, 0.717) is 5.89 Å². The van der Waals surface area contributed by atoms with E-state index in [1.807, 2.05) is 19.1 Å². The summed E-state index contributed by atoms with van der Waals surface area (Å²) in [4.78, 5) is 4.19. The Morgan fingerprint density at radius 3 is 3.00 bits per heavy atom. The van der Waals surface area contributed by atoms with Crippen molar-refractivity contribution in [1.29, 1.82) is 0 Å². The molecule has 0 fully saturated rings. The number of nitrogens with zero attached hydrogens (tertiary/aromatic N) is 1. The lowest BCUT2D eigenvalue weighted by molar-refractivity contribution is 0.559. The number of rotatable bonds is 0. The molecule has 0 atom stereocenters. The second kappa shape index (κ2) is 2.62. The molecule has 62 valence electrons. The molecule has 3 nitrogen and oxygen atoms in total. The zero-order chi connectivity index (χ0) is 8.72. The molecule has 0 saturated heterocycles. The molecule has 0 radical (unpaired) electrons. The minimum absolute atomic E-state index is 0.675. The second-order valence-electron chi connectivity index (χ2n) is 2.55. The van der Waals surface area contributed by atoms with E-state index in [9.17, 15) is 0 Å². The molecule has 1 heterocycles. The van der Waals surface area contributed by atoms with Crippen LogP contribution in [0.15, 0.2) is 16.5 Å². The molecule has 1 aromatic carbocycles. The normalized spacial score (nSPS) is 10.8. The Kier molecular flexibility index (Phi) is 1.71. The number of nitrogen functional groups attached to an aromatic ring is 1. The Morgan fingerprint density at radius 1 is 1.50 bits per heavy atom. The number of halogens is 1. The SMILES string of the molecule is Cc1nc2ccc(N)c(I)c2o1. The van der Waals surface area contributed by atoms with Crippen LogP contribution >= 0.6 is 22.6 Å². The second-order valence-corrected chi connectivity index (χ2v) is 3.63. The van der Waals surface area contributed by atoms with E-state index in [-0.39, 0.29) is 0 Å². The number of nitrogens with two attached hydrogens (primary N) is 1. The molecule has 2 rings (SSSR count). The molecule has 0 saturated carbocycles. The fraction of sp³-hybridized carbons (Fsp3) is 0.125. The first-order chi connectivity index (χ1) is 5.68. The Hall–Kier alpha value is -0.780. The molecular formula is C8H7IN2O. The predicted octanol–water partition coefficient (Wildman–Crippen LogP) is 2.32. The molecule has 0 spiro atoms. The number of hydrogen-bond acceptors (Lipinski definition) is 3. The van der Waals surface area contributed by atoms with Gasteiger partial charge in [-0.2, -0.15) is 0 Å². The maximum Gasteiger partial charge on any atom is 0.192 e. The summed E-state index contributed by atoms with van der Waals surface area (Å²) in [6.45, 7) is 1.83.